The molecule has 0 bridgehead atoms. The number of para-hydroxylation sites is 1. The molecule has 5 rings (SSSR count). The lowest BCUT2D eigenvalue weighted by molar-refractivity contribution is 0.0734. The van der Waals surface area contributed by atoms with Crippen LogP contribution in [0.3, 0.4) is 0 Å². The quantitative estimate of drug-likeness (QED) is 0.751. The highest BCUT2D eigenvalue weighted by molar-refractivity contribution is 5.95. The predicted molar refractivity (Wildman–Crippen MR) is 110 cm³/mol. The Morgan fingerprint density at radius 3 is 2.72 bits per heavy atom. The van der Waals surface area contributed by atoms with E-state index in [2.05, 4.69) is 19.2 Å². The molecule has 1 N–H and O–H groups in total. The summed E-state index contributed by atoms with van der Waals surface area (Å²) in [5.41, 5.74) is 2.58. The number of nitrogens with one attached hydrogen (secondary N) is 1. The SMILES string of the molecule is CC1(C)c2cc(C(=O)N3CCNCC3)ccc2N(F)[C@@H]2c3ccccc3OC[C@@H]21. The van der Waals surface area contributed by atoms with Crippen LogP contribution >= 0.6 is 0 Å². The molecule has 0 aromatic heterocycles. The molecule has 3 aliphatic rings. The van der Waals surface area contributed by atoms with Crippen LogP contribution in [-0.4, -0.2) is 43.6 Å². The molecule has 2 aromatic rings. The smallest absolute Gasteiger partial charge is 0.253 e. The zero-order valence-corrected chi connectivity index (χ0v) is 16.8. The van der Waals surface area contributed by atoms with Gasteiger partial charge in [0.2, 0.25) is 0 Å². The Morgan fingerprint density at radius 1 is 1.17 bits per heavy atom. The summed E-state index contributed by atoms with van der Waals surface area (Å²) in [5, 5.41) is 4.15. The minimum absolute atomic E-state index is 0.0165. The molecule has 0 aliphatic carbocycles. The van der Waals surface area contributed by atoms with Gasteiger partial charge in [0.15, 0.2) is 0 Å². The summed E-state index contributed by atoms with van der Waals surface area (Å²) in [7, 11) is 0. The van der Waals surface area contributed by atoms with Gasteiger partial charge in [-0.05, 0) is 29.8 Å². The molecular formula is C23H26FN3O2. The standard InChI is InChI=1S/C23H26FN3O2/c1-23(2)17-13-15(22(28)26-11-9-25-10-12-26)7-8-19(17)27(24)21-16-5-3-4-6-20(16)29-14-18(21)23/h3-8,13,18,21,25H,9-12,14H2,1-2H3/t18-,21+/m0/s1. The second kappa shape index (κ2) is 6.73. The molecule has 3 heterocycles. The first-order valence-electron chi connectivity index (χ1n) is 10.3. The number of piperazine rings is 1. The van der Waals surface area contributed by atoms with Gasteiger partial charge < -0.3 is 15.0 Å². The molecule has 1 fully saturated rings. The zero-order valence-electron chi connectivity index (χ0n) is 16.8. The van der Waals surface area contributed by atoms with Crippen LogP contribution in [-0.2, 0) is 5.41 Å². The zero-order chi connectivity index (χ0) is 20.2. The summed E-state index contributed by atoms with van der Waals surface area (Å²) in [6.45, 7) is 7.72. The van der Waals surface area contributed by atoms with Crippen molar-refractivity contribution in [1.82, 2.24) is 10.2 Å². The summed E-state index contributed by atoms with van der Waals surface area (Å²) >= 11 is 0. The van der Waals surface area contributed by atoms with E-state index in [1.165, 1.54) is 0 Å². The van der Waals surface area contributed by atoms with E-state index in [-0.39, 0.29) is 17.2 Å². The van der Waals surface area contributed by atoms with E-state index in [1.807, 2.05) is 35.2 Å². The Balaban J connectivity index is 1.56. The van der Waals surface area contributed by atoms with E-state index in [9.17, 15) is 4.79 Å². The second-order valence-corrected chi connectivity index (χ2v) is 8.71. The van der Waals surface area contributed by atoms with Crippen molar-refractivity contribution in [2.45, 2.75) is 25.3 Å². The summed E-state index contributed by atoms with van der Waals surface area (Å²) in [4.78, 5) is 14.9. The Morgan fingerprint density at radius 2 is 1.93 bits per heavy atom. The van der Waals surface area contributed by atoms with Crippen molar-refractivity contribution in [1.29, 1.82) is 0 Å². The third-order valence-electron chi connectivity index (χ3n) is 6.78. The summed E-state index contributed by atoms with van der Waals surface area (Å²) in [5.74, 6) is 0.712. The van der Waals surface area contributed by atoms with E-state index in [4.69, 9.17) is 4.74 Å². The third kappa shape index (κ3) is 2.81. The van der Waals surface area contributed by atoms with Gasteiger partial charge in [0.05, 0.1) is 18.3 Å². The molecule has 0 saturated carbocycles. The van der Waals surface area contributed by atoms with Crippen LogP contribution in [0.5, 0.6) is 5.75 Å². The van der Waals surface area contributed by atoms with E-state index in [0.717, 1.165) is 35.1 Å². The number of benzene rings is 2. The summed E-state index contributed by atoms with van der Waals surface area (Å²) < 4.78 is 21.7. The number of rotatable bonds is 1. The molecule has 29 heavy (non-hydrogen) atoms. The monoisotopic (exact) mass is 395 g/mol. The van der Waals surface area contributed by atoms with Crippen molar-refractivity contribution in [3.8, 4) is 5.75 Å². The molecule has 2 aromatic carbocycles. The maximum absolute atomic E-state index is 15.7. The van der Waals surface area contributed by atoms with Crippen molar-refractivity contribution in [2.75, 3.05) is 37.9 Å². The normalized spacial score (nSPS) is 24.8. The van der Waals surface area contributed by atoms with Crippen molar-refractivity contribution in [2.24, 2.45) is 5.92 Å². The van der Waals surface area contributed by atoms with Crippen LogP contribution in [0.1, 0.15) is 41.4 Å². The lowest BCUT2D eigenvalue weighted by atomic mass is 9.65. The van der Waals surface area contributed by atoms with Gasteiger partial charge >= 0.3 is 0 Å². The number of halogens is 1. The van der Waals surface area contributed by atoms with E-state index in [1.54, 1.807) is 12.1 Å². The number of nitrogens with zero attached hydrogens (tertiary/aromatic N) is 2. The second-order valence-electron chi connectivity index (χ2n) is 8.71. The fourth-order valence-corrected chi connectivity index (χ4v) is 5.00. The summed E-state index contributed by atoms with van der Waals surface area (Å²) in [6, 6.07) is 12.7. The van der Waals surface area contributed by atoms with Crippen molar-refractivity contribution in [3.05, 3.63) is 59.2 Å². The highest BCUT2D eigenvalue weighted by atomic mass is 19.2. The number of amides is 1. The topological polar surface area (TPSA) is 44.8 Å². The third-order valence-corrected chi connectivity index (χ3v) is 6.78. The van der Waals surface area contributed by atoms with Gasteiger partial charge in [-0.3, -0.25) is 4.79 Å². The van der Waals surface area contributed by atoms with E-state index >= 15 is 4.48 Å². The molecular weight excluding hydrogens is 369 g/mol. The molecule has 1 saturated heterocycles. The maximum atomic E-state index is 15.7. The minimum Gasteiger partial charge on any atom is -0.493 e. The molecule has 0 radical (unpaired) electrons. The van der Waals surface area contributed by atoms with Crippen LogP contribution in [0.4, 0.5) is 10.2 Å². The molecule has 5 nitrogen and oxygen atoms in total. The van der Waals surface area contributed by atoms with Crippen molar-refractivity contribution in [3.63, 3.8) is 0 Å². The molecule has 0 unspecified atom stereocenters. The number of hydrogen-bond donors (Lipinski definition) is 1. The fraction of sp³-hybridized carbons (Fsp3) is 0.435. The van der Waals surface area contributed by atoms with Crippen LogP contribution in [0.2, 0.25) is 0 Å². The van der Waals surface area contributed by atoms with Gasteiger partial charge in [-0.1, -0.05) is 36.5 Å². The fourth-order valence-electron chi connectivity index (χ4n) is 5.00. The molecule has 0 spiro atoms. The van der Waals surface area contributed by atoms with E-state index in [0.29, 0.717) is 30.9 Å². The molecule has 6 heteroatoms. The van der Waals surface area contributed by atoms with Crippen LogP contribution in [0.15, 0.2) is 42.5 Å². The minimum atomic E-state index is -0.392. The van der Waals surface area contributed by atoms with Gasteiger partial charge in [-0.2, -0.15) is 0 Å². The van der Waals surface area contributed by atoms with Gasteiger partial charge in [0.25, 0.3) is 5.91 Å². The van der Waals surface area contributed by atoms with Gasteiger partial charge in [0.1, 0.15) is 5.75 Å². The first kappa shape index (κ1) is 18.4. The first-order valence-corrected chi connectivity index (χ1v) is 10.3. The van der Waals surface area contributed by atoms with Gasteiger partial charge in [0, 0.05) is 48.6 Å². The van der Waals surface area contributed by atoms with E-state index < -0.39 is 6.04 Å². The predicted octanol–water partition coefficient (Wildman–Crippen LogP) is 3.46. The number of ether oxygens (including phenoxy) is 1. The van der Waals surface area contributed by atoms with Crippen LogP contribution in [0.25, 0.3) is 0 Å². The Hall–Kier alpha value is -2.60. The molecule has 3 aliphatic heterocycles. The average molecular weight is 395 g/mol. The van der Waals surface area contributed by atoms with Crippen LogP contribution < -0.4 is 15.2 Å². The number of carbonyl (C=O) groups excluding carboxylic acids is 1. The highest BCUT2D eigenvalue weighted by Crippen LogP contribution is 2.55. The molecule has 2 atom stereocenters. The van der Waals surface area contributed by atoms with Crippen molar-refractivity contribution < 1.29 is 14.0 Å². The lowest BCUT2D eigenvalue weighted by Gasteiger charge is -2.50. The Kier molecular flexibility index (Phi) is 4.28. The van der Waals surface area contributed by atoms with Crippen molar-refractivity contribution >= 4 is 11.6 Å². The molecule has 152 valence electrons. The largest absolute Gasteiger partial charge is 0.493 e. The number of carbonyl (C=O) groups is 1. The van der Waals surface area contributed by atoms with Crippen LogP contribution in [0, 0.1) is 5.92 Å². The highest BCUT2D eigenvalue weighted by Gasteiger charge is 2.50. The molecule has 1 amide bonds. The first-order chi connectivity index (χ1) is 14.0. The summed E-state index contributed by atoms with van der Waals surface area (Å²) in [6.07, 6.45) is 0. The van der Waals surface area contributed by atoms with Gasteiger partial charge in [-0.25, -0.2) is 5.12 Å². The Bertz CT molecular complexity index is 955. The maximum Gasteiger partial charge on any atom is 0.253 e. The Labute approximate surface area is 170 Å². The number of hydrogen-bond acceptors (Lipinski definition) is 4. The number of anilines is 1. The lowest BCUT2D eigenvalue weighted by Crippen LogP contribution is -2.49. The average Bonchev–Trinajstić information content (AvgIpc) is 2.76. The number of fused-ring (bicyclic) bond motifs is 4. The van der Waals surface area contributed by atoms with Gasteiger partial charge in [-0.15, -0.1) is 0 Å².